The van der Waals surface area contributed by atoms with Crippen LogP contribution in [0.2, 0.25) is 0 Å². The first kappa shape index (κ1) is 31.0. The van der Waals surface area contributed by atoms with E-state index in [9.17, 15) is 14.7 Å². The maximum absolute atomic E-state index is 14.2. The Bertz CT molecular complexity index is 1220. The highest BCUT2D eigenvalue weighted by Crippen LogP contribution is 2.42. The molecule has 42 heavy (non-hydrogen) atoms. The van der Waals surface area contributed by atoms with E-state index in [-0.39, 0.29) is 34.3 Å². The molecule has 9 heteroatoms. The van der Waals surface area contributed by atoms with Gasteiger partial charge in [-0.15, -0.1) is 11.3 Å². The third kappa shape index (κ3) is 7.53. The normalized spacial score (nSPS) is 25.6. The Kier molecular flexibility index (Phi) is 9.90. The molecule has 1 aliphatic heterocycles. The minimum atomic E-state index is -0.958. The van der Waals surface area contributed by atoms with Crippen molar-refractivity contribution < 1.29 is 24.2 Å². The van der Waals surface area contributed by atoms with E-state index >= 15 is 0 Å². The van der Waals surface area contributed by atoms with Crippen molar-refractivity contribution in [3.63, 3.8) is 0 Å². The summed E-state index contributed by atoms with van der Waals surface area (Å²) in [5.74, 6) is 0.381. The van der Waals surface area contributed by atoms with E-state index in [0.717, 1.165) is 89.1 Å². The van der Waals surface area contributed by atoms with Crippen LogP contribution < -0.4 is 9.64 Å². The quantitative estimate of drug-likeness (QED) is 0.370. The van der Waals surface area contributed by atoms with Gasteiger partial charge in [0.2, 0.25) is 11.8 Å². The van der Waals surface area contributed by atoms with Gasteiger partial charge >= 0.3 is 5.97 Å². The Labute approximate surface area is 254 Å². The van der Waals surface area contributed by atoms with Crippen molar-refractivity contribution in [2.24, 2.45) is 11.8 Å². The summed E-state index contributed by atoms with van der Waals surface area (Å²) in [6.45, 7) is 12.8. The second-order valence-corrected chi connectivity index (χ2v) is 14.5. The molecule has 2 saturated carbocycles. The molecule has 2 aliphatic carbocycles. The first-order valence-corrected chi connectivity index (χ1v) is 16.5. The van der Waals surface area contributed by atoms with Gasteiger partial charge < -0.3 is 19.5 Å². The molecule has 0 radical (unpaired) electrons. The number of amides is 1. The third-order valence-electron chi connectivity index (χ3n) is 9.11. The molecule has 0 spiro atoms. The molecule has 0 atom stereocenters. The van der Waals surface area contributed by atoms with Crippen molar-refractivity contribution in [3.8, 4) is 5.88 Å². The van der Waals surface area contributed by atoms with Crippen LogP contribution in [0.5, 0.6) is 5.88 Å². The fourth-order valence-corrected chi connectivity index (χ4v) is 7.55. The number of anilines is 1. The van der Waals surface area contributed by atoms with Gasteiger partial charge in [0.15, 0.2) is 0 Å². The van der Waals surface area contributed by atoms with Gasteiger partial charge in [-0.25, -0.2) is 9.78 Å². The van der Waals surface area contributed by atoms with Crippen LogP contribution in [0.4, 0.5) is 5.69 Å². The molecule has 230 valence electrons. The monoisotopic (exact) mass is 597 g/mol. The summed E-state index contributed by atoms with van der Waals surface area (Å²) >= 11 is 1.31. The first-order chi connectivity index (χ1) is 20.1. The predicted octanol–water partition coefficient (Wildman–Crippen LogP) is 6.52. The molecule has 3 aliphatic rings. The fourth-order valence-electron chi connectivity index (χ4n) is 6.51. The Morgan fingerprint density at radius 1 is 1.07 bits per heavy atom. The summed E-state index contributed by atoms with van der Waals surface area (Å²) in [7, 11) is 0. The number of carboxylic acids is 1. The maximum Gasteiger partial charge on any atom is 0.348 e. The lowest BCUT2D eigenvalue weighted by Gasteiger charge is -2.39. The molecular formula is C33H47N3O5S. The molecule has 3 heterocycles. The number of hydrogen-bond donors (Lipinski definition) is 1. The van der Waals surface area contributed by atoms with Crippen molar-refractivity contribution in [2.75, 3.05) is 31.2 Å². The Morgan fingerprint density at radius 2 is 1.76 bits per heavy atom. The number of carbonyl (C=O) groups is 2. The minimum absolute atomic E-state index is 0.0198. The summed E-state index contributed by atoms with van der Waals surface area (Å²) in [5.41, 5.74) is 1.57. The summed E-state index contributed by atoms with van der Waals surface area (Å²) in [5, 5.41) is 10.2. The molecular weight excluding hydrogens is 550 g/mol. The van der Waals surface area contributed by atoms with E-state index in [4.69, 9.17) is 9.47 Å². The molecule has 1 saturated heterocycles. The highest BCUT2D eigenvalue weighted by Gasteiger charge is 2.38. The summed E-state index contributed by atoms with van der Waals surface area (Å²) in [6, 6.07) is 6.02. The first-order valence-electron chi connectivity index (χ1n) is 15.7. The number of nitrogens with zero attached hydrogens (tertiary/aromatic N) is 3. The average molecular weight is 598 g/mol. The number of carbonyl (C=O) groups excluding carboxylic acids is 1. The summed E-state index contributed by atoms with van der Waals surface area (Å²) in [6.07, 6.45) is 8.81. The highest BCUT2D eigenvalue weighted by atomic mass is 32.1. The van der Waals surface area contributed by atoms with Gasteiger partial charge in [0.25, 0.3) is 0 Å². The molecule has 0 unspecified atom stereocenters. The Balaban J connectivity index is 1.31. The lowest BCUT2D eigenvalue weighted by molar-refractivity contribution is -0.124. The minimum Gasteiger partial charge on any atom is -0.477 e. The summed E-state index contributed by atoms with van der Waals surface area (Å²) in [4.78, 5) is 36.7. The van der Waals surface area contributed by atoms with E-state index in [1.54, 1.807) is 0 Å². The van der Waals surface area contributed by atoms with E-state index < -0.39 is 5.97 Å². The third-order valence-corrected chi connectivity index (χ3v) is 10.7. The number of thiophene rings is 1. The van der Waals surface area contributed by atoms with Gasteiger partial charge in [0.1, 0.15) is 11.0 Å². The fraction of sp³-hybridized carbons (Fsp3) is 0.667. The Hall–Kier alpha value is -2.49. The molecule has 2 aromatic rings. The molecule has 1 amide bonds. The van der Waals surface area contributed by atoms with Crippen LogP contribution in [0.15, 0.2) is 24.4 Å². The smallest absolute Gasteiger partial charge is 0.348 e. The number of aromatic nitrogens is 1. The standard InChI is InChI=1S/C33H47N3O5S/c1-22-5-7-24(8-6-22)31(37)36(27-20-28(33(2,3)4)42-30(27)32(38)39)25-9-11-26(12-10-25)41-29-19-23(13-14-34-29)21-35-15-17-40-18-16-35/h13-14,19-20,22,24-26H,5-12,15-18,21H2,1-4H3,(H,38,39). The molecule has 0 bridgehead atoms. The van der Waals surface area contributed by atoms with Crippen molar-refractivity contribution in [1.82, 2.24) is 9.88 Å². The topological polar surface area (TPSA) is 92.2 Å². The second-order valence-electron chi connectivity index (χ2n) is 13.5. The maximum atomic E-state index is 14.2. The van der Waals surface area contributed by atoms with Crippen LogP contribution in [-0.4, -0.2) is 65.3 Å². The van der Waals surface area contributed by atoms with Crippen molar-refractivity contribution in [1.29, 1.82) is 0 Å². The van der Waals surface area contributed by atoms with E-state index in [2.05, 4.69) is 37.6 Å². The zero-order valence-electron chi connectivity index (χ0n) is 25.6. The number of carboxylic acid groups (broad SMARTS) is 1. The van der Waals surface area contributed by atoms with Gasteiger partial charge in [-0.1, -0.05) is 27.7 Å². The number of rotatable bonds is 8. The van der Waals surface area contributed by atoms with Crippen LogP contribution in [0.3, 0.4) is 0 Å². The number of ether oxygens (including phenoxy) is 2. The zero-order chi connectivity index (χ0) is 29.9. The van der Waals surface area contributed by atoms with E-state index in [0.29, 0.717) is 17.5 Å². The van der Waals surface area contributed by atoms with Crippen LogP contribution >= 0.6 is 11.3 Å². The lowest BCUT2D eigenvalue weighted by Crippen LogP contribution is -2.47. The Morgan fingerprint density at radius 3 is 2.40 bits per heavy atom. The molecule has 8 nitrogen and oxygen atoms in total. The number of hydrogen-bond acceptors (Lipinski definition) is 7. The van der Waals surface area contributed by atoms with E-state index in [1.807, 2.05) is 29.3 Å². The van der Waals surface area contributed by atoms with Crippen molar-refractivity contribution in [2.45, 2.75) is 103 Å². The molecule has 5 rings (SSSR count). The van der Waals surface area contributed by atoms with Crippen LogP contribution in [0, 0.1) is 11.8 Å². The van der Waals surface area contributed by atoms with Crippen LogP contribution in [0.1, 0.15) is 99.2 Å². The molecule has 1 N–H and O–H groups in total. The molecule has 0 aromatic carbocycles. The molecule has 2 aromatic heterocycles. The van der Waals surface area contributed by atoms with Gasteiger partial charge in [-0.2, -0.15) is 0 Å². The number of aromatic carboxylic acids is 1. The van der Waals surface area contributed by atoms with Crippen molar-refractivity contribution >= 4 is 28.9 Å². The van der Waals surface area contributed by atoms with Crippen molar-refractivity contribution in [3.05, 3.63) is 39.7 Å². The van der Waals surface area contributed by atoms with Crippen LogP contribution in [0.25, 0.3) is 0 Å². The highest BCUT2D eigenvalue weighted by molar-refractivity contribution is 7.14. The predicted molar refractivity (Wildman–Crippen MR) is 166 cm³/mol. The SMILES string of the molecule is CC1CCC(C(=O)N(c2cc(C(C)(C)C)sc2C(=O)O)C2CCC(Oc3cc(CN4CCOCC4)ccn3)CC2)CC1. The van der Waals surface area contributed by atoms with E-state index in [1.165, 1.54) is 16.9 Å². The van der Waals surface area contributed by atoms with Gasteiger partial charge in [-0.3, -0.25) is 9.69 Å². The lowest BCUT2D eigenvalue weighted by atomic mass is 9.81. The molecule has 3 fully saturated rings. The summed E-state index contributed by atoms with van der Waals surface area (Å²) < 4.78 is 11.8. The van der Waals surface area contributed by atoms with Crippen LogP contribution in [-0.2, 0) is 21.5 Å². The largest absolute Gasteiger partial charge is 0.477 e. The zero-order valence-corrected chi connectivity index (χ0v) is 26.5. The number of pyridine rings is 1. The van der Waals surface area contributed by atoms with Gasteiger partial charge in [0, 0.05) is 48.7 Å². The van der Waals surface area contributed by atoms with Gasteiger partial charge in [0.05, 0.1) is 18.9 Å². The average Bonchev–Trinajstić information content (AvgIpc) is 3.41. The van der Waals surface area contributed by atoms with Gasteiger partial charge in [-0.05, 0) is 80.4 Å². The second kappa shape index (κ2) is 13.4. The number of morpholine rings is 1.